The van der Waals surface area contributed by atoms with Crippen molar-refractivity contribution < 1.29 is 18.7 Å². The number of nitrogens with one attached hydrogen (secondary N) is 1. The smallest absolute Gasteiger partial charge is 0.344 e. The first-order valence-electron chi connectivity index (χ1n) is 11.2. The van der Waals surface area contributed by atoms with Crippen LogP contribution in [0, 0.1) is 33.5 Å². The second-order valence-corrected chi connectivity index (χ2v) is 8.70. The van der Waals surface area contributed by atoms with Crippen LogP contribution in [0.1, 0.15) is 41.7 Å². The van der Waals surface area contributed by atoms with Crippen LogP contribution in [0.25, 0.3) is 11.1 Å². The summed E-state index contributed by atoms with van der Waals surface area (Å²) in [6.07, 6.45) is -0.189. The van der Waals surface area contributed by atoms with E-state index >= 15 is 0 Å². The van der Waals surface area contributed by atoms with E-state index in [1.165, 1.54) is 0 Å². The first kappa shape index (κ1) is 24.3. The van der Waals surface area contributed by atoms with Gasteiger partial charge in [0, 0.05) is 23.4 Å². The molecule has 33 heavy (non-hydrogen) atoms. The third-order valence-electron chi connectivity index (χ3n) is 5.47. The average molecular weight is 450 g/mol. The van der Waals surface area contributed by atoms with Crippen LogP contribution in [0.5, 0.6) is 5.75 Å². The summed E-state index contributed by atoms with van der Waals surface area (Å²) in [4.78, 5) is 11.8. The zero-order valence-corrected chi connectivity index (χ0v) is 20.2. The molecule has 0 aliphatic carbocycles. The number of halogens is 1. The van der Waals surface area contributed by atoms with Gasteiger partial charge in [-0.05, 0) is 82.0 Å². The minimum absolute atomic E-state index is 0.159. The van der Waals surface area contributed by atoms with Gasteiger partial charge in [0.05, 0.1) is 6.10 Å². The standard InChI is InChI=1S/C28H32FNO3/c1-17(2)33-26(31)16-32-25-11-10-19(4)28(21(25)6)30-15-24-14-23(13-20(5)27(24)29)22-9-7-8-18(3)12-22/h7-14,17,30H,15-16H2,1-6H3. The van der Waals surface area contributed by atoms with Crippen molar-refractivity contribution in [2.75, 3.05) is 11.9 Å². The molecular weight excluding hydrogens is 417 g/mol. The normalized spacial score (nSPS) is 10.9. The number of carbonyl (C=O) groups is 1. The molecule has 5 heteroatoms. The van der Waals surface area contributed by atoms with Crippen LogP contribution >= 0.6 is 0 Å². The lowest BCUT2D eigenvalue weighted by atomic mass is 9.98. The summed E-state index contributed by atoms with van der Waals surface area (Å²) in [6.45, 7) is 11.5. The molecule has 0 aliphatic heterocycles. The number of anilines is 1. The number of ether oxygens (including phenoxy) is 2. The summed E-state index contributed by atoms with van der Waals surface area (Å²) >= 11 is 0. The third kappa shape index (κ3) is 6.13. The van der Waals surface area contributed by atoms with Crippen molar-refractivity contribution in [1.82, 2.24) is 0 Å². The Labute approximate surface area is 195 Å². The molecule has 0 unspecified atom stereocenters. The molecule has 0 bridgehead atoms. The highest BCUT2D eigenvalue weighted by atomic mass is 19.1. The Balaban J connectivity index is 1.81. The predicted octanol–water partition coefficient (Wildman–Crippen LogP) is 6.67. The summed E-state index contributed by atoms with van der Waals surface area (Å²) in [5.74, 6) is -0.0305. The molecule has 0 spiro atoms. The molecule has 1 N–H and O–H groups in total. The van der Waals surface area contributed by atoms with Gasteiger partial charge in [-0.2, -0.15) is 0 Å². The molecule has 174 valence electrons. The number of rotatable bonds is 8. The molecule has 0 radical (unpaired) electrons. The quantitative estimate of drug-likeness (QED) is 0.390. The van der Waals surface area contributed by atoms with Gasteiger partial charge < -0.3 is 14.8 Å². The lowest BCUT2D eigenvalue weighted by Gasteiger charge is -2.18. The Morgan fingerprint density at radius 1 is 0.970 bits per heavy atom. The average Bonchev–Trinajstić information content (AvgIpc) is 2.75. The number of hydrogen-bond acceptors (Lipinski definition) is 4. The molecule has 3 aromatic carbocycles. The van der Waals surface area contributed by atoms with Gasteiger partial charge in [0.2, 0.25) is 0 Å². The molecule has 4 nitrogen and oxygen atoms in total. The van der Waals surface area contributed by atoms with E-state index < -0.39 is 5.97 Å². The molecule has 0 heterocycles. The van der Waals surface area contributed by atoms with Crippen LogP contribution in [0.3, 0.4) is 0 Å². The van der Waals surface area contributed by atoms with Gasteiger partial charge in [0.1, 0.15) is 11.6 Å². The van der Waals surface area contributed by atoms with Crippen molar-refractivity contribution in [3.63, 3.8) is 0 Å². The second kappa shape index (κ2) is 10.5. The number of esters is 1. The fourth-order valence-electron chi connectivity index (χ4n) is 3.84. The van der Waals surface area contributed by atoms with Gasteiger partial charge in [-0.3, -0.25) is 0 Å². The van der Waals surface area contributed by atoms with Crippen molar-refractivity contribution in [2.24, 2.45) is 0 Å². The molecule has 0 atom stereocenters. The first-order valence-corrected chi connectivity index (χ1v) is 11.2. The lowest BCUT2D eigenvalue weighted by molar-refractivity contribution is -0.149. The van der Waals surface area contributed by atoms with Gasteiger partial charge in [-0.1, -0.05) is 35.9 Å². The highest BCUT2D eigenvalue weighted by Gasteiger charge is 2.14. The highest BCUT2D eigenvalue weighted by Crippen LogP contribution is 2.31. The fraction of sp³-hybridized carbons (Fsp3) is 0.321. The van der Waals surface area contributed by atoms with Crippen LogP contribution in [0.15, 0.2) is 48.5 Å². The van der Waals surface area contributed by atoms with E-state index in [0.29, 0.717) is 23.4 Å². The highest BCUT2D eigenvalue weighted by molar-refractivity contribution is 5.72. The maximum atomic E-state index is 15.0. The summed E-state index contributed by atoms with van der Waals surface area (Å²) in [7, 11) is 0. The van der Waals surface area contributed by atoms with Crippen molar-refractivity contribution in [3.8, 4) is 16.9 Å². The van der Waals surface area contributed by atoms with Crippen molar-refractivity contribution in [3.05, 3.63) is 82.2 Å². The van der Waals surface area contributed by atoms with Crippen LogP contribution < -0.4 is 10.1 Å². The van der Waals surface area contributed by atoms with Crippen LogP contribution in [0.2, 0.25) is 0 Å². The van der Waals surface area contributed by atoms with Crippen LogP contribution in [-0.2, 0) is 16.1 Å². The minimum Gasteiger partial charge on any atom is -0.482 e. The van der Waals surface area contributed by atoms with Crippen molar-refractivity contribution in [2.45, 2.75) is 54.2 Å². The number of hydrogen-bond donors (Lipinski definition) is 1. The second-order valence-electron chi connectivity index (χ2n) is 8.70. The van der Waals surface area contributed by atoms with Gasteiger partial charge in [-0.15, -0.1) is 0 Å². The molecule has 0 aromatic heterocycles. The first-order chi connectivity index (χ1) is 15.7. The molecule has 3 rings (SSSR count). The molecule has 0 saturated carbocycles. The van der Waals surface area contributed by atoms with E-state index in [2.05, 4.69) is 11.4 Å². The SMILES string of the molecule is Cc1cccc(-c2cc(C)c(F)c(CNc3c(C)ccc(OCC(=O)OC(C)C)c3C)c2)c1. The lowest BCUT2D eigenvalue weighted by Crippen LogP contribution is -2.19. The molecule has 0 aliphatic rings. The monoisotopic (exact) mass is 449 g/mol. The zero-order chi connectivity index (χ0) is 24.1. The molecule has 0 saturated heterocycles. The van der Waals surface area contributed by atoms with Gasteiger partial charge in [0.25, 0.3) is 0 Å². The molecule has 0 fully saturated rings. The van der Waals surface area contributed by atoms with E-state index in [4.69, 9.17) is 9.47 Å². The van der Waals surface area contributed by atoms with Crippen molar-refractivity contribution >= 4 is 11.7 Å². The maximum absolute atomic E-state index is 15.0. The summed E-state index contributed by atoms with van der Waals surface area (Å²) in [6, 6.07) is 15.7. The Hall–Kier alpha value is -3.34. The zero-order valence-electron chi connectivity index (χ0n) is 20.2. The summed E-state index contributed by atoms with van der Waals surface area (Å²) in [5.41, 5.74) is 7.16. The Bertz CT molecular complexity index is 1150. The van der Waals surface area contributed by atoms with E-state index in [9.17, 15) is 9.18 Å². The molecule has 0 amide bonds. The van der Waals surface area contributed by atoms with E-state index in [-0.39, 0.29) is 18.5 Å². The Kier molecular flexibility index (Phi) is 7.75. The topological polar surface area (TPSA) is 47.6 Å². The van der Waals surface area contributed by atoms with E-state index in [1.807, 2.05) is 63.2 Å². The largest absolute Gasteiger partial charge is 0.482 e. The third-order valence-corrected chi connectivity index (χ3v) is 5.47. The number of carbonyl (C=O) groups excluding carboxylic acids is 1. The number of aryl methyl sites for hydroxylation is 3. The molecule has 3 aromatic rings. The maximum Gasteiger partial charge on any atom is 0.344 e. The van der Waals surface area contributed by atoms with Gasteiger partial charge in [0.15, 0.2) is 6.61 Å². The van der Waals surface area contributed by atoms with Crippen LogP contribution in [-0.4, -0.2) is 18.7 Å². The van der Waals surface area contributed by atoms with Gasteiger partial charge >= 0.3 is 5.97 Å². The Morgan fingerprint density at radius 3 is 2.42 bits per heavy atom. The minimum atomic E-state index is -0.412. The van der Waals surface area contributed by atoms with Gasteiger partial charge in [-0.25, -0.2) is 9.18 Å². The van der Waals surface area contributed by atoms with Crippen LogP contribution in [0.4, 0.5) is 10.1 Å². The van der Waals surface area contributed by atoms with Crippen molar-refractivity contribution in [1.29, 1.82) is 0 Å². The van der Waals surface area contributed by atoms with E-state index in [0.717, 1.165) is 33.5 Å². The predicted molar refractivity (Wildman–Crippen MR) is 131 cm³/mol. The summed E-state index contributed by atoms with van der Waals surface area (Å²) < 4.78 is 25.8. The van der Waals surface area contributed by atoms with E-state index in [1.54, 1.807) is 20.8 Å². The fourth-order valence-corrected chi connectivity index (χ4v) is 3.84. The number of benzene rings is 3. The molecular formula is C28H32FNO3. The Morgan fingerprint density at radius 2 is 1.73 bits per heavy atom. The summed E-state index contributed by atoms with van der Waals surface area (Å²) in [5, 5.41) is 3.38.